The fourth-order valence-corrected chi connectivity index (χ4v) is 4.73. The number of aliphatic hydroxyl groups excluding tert-OH is 1. The van der Waals surface area contributed by atoms with Gasteiger partial charge >= 0.3 is 0 Å². The van der Waals surface area contributed by atoms with E-state index in [9.17, 15) is 5.11 Å². The van der Waals surface area contributed by atoms with E-state index in [1.807, 2.05) is 44.2 Å². The summed E-state index contributed by atoms with van der Waals surface area (Å²) >= 11 is 0. The van der Waals surface area contributed by atoms with Crippen LogP contribution in [0.15, 0.2) is 59.3 Å². The van der Waals surface area contributed by atoms with Crippen molar-refractivity contribution in [1.82, 2.24) is 20.6 Å². The highest BCUT2D eigenvalue weighted by Gasteiger charge is 2.27. The van der Waals surface area contributed by atoms with Crippen molar-refractivity contribution in [3.8, 4) is 0 Å². The highest BCUT2D eigenvalue weighted by Crippen LogP contribution is 2.28. The normalized spacial score (nSPS) is 20.5. The van der Waals surface area contributed by atoms with E-state index in [1.54, 1.807) is 0 Å². The van der Waals surface area contributed by atoms with Gasteiger partial charge in [-0.2, -0.15) is 0 Å². The monoisotopic (exact) mass is 442 g/mol. The SMILES string of the molecule is Cc1cc(NC2=NCC(c3ccc4ccccc4n3)=C(NC3CCC(CO)C3)N2)cc(C)n1. The van der Waals surface area contributed by atoms with Crippen LogP contribution < -0.4 is 16.0 Å². The molecule has 2 aliphatic rings. The molecule has 1 aliphatic carbocycles. The van der Waals surface area contributed by atoms with Gasteiger partial charge in [0.1, 0.15) is 5.82 Å². The first-order valence-corrected chi connectivity index (χ1v) is 11.6. The Labute approximate surface area is 194 Å². The van der Waals surface area contributed by atoms with Crippen LogP contribution in [-0.2, 0) is 0 Å². The fraction of sp³-hybridized carbons (Fsp3) is 0.346. The summed E-state index contributed by atoms with van der Waals surface area (Å²) < 4.78 is 0. The van der Waals surface area contributed by atoms with Gasteiger partial charge in [-0.15, -0.1) is 0 Å². The van der Waals surface area contributed by atoms with Crippen LogP contribution in [0.5, 0.6) is 0 Å². The third-order valence-corrected chi connectivity index (χ3v) is 6.34. The van der Waals surface area contributed by atoms with E-state index < -0.39 is 0 Å². The van der Waals surface area contributed by atoms with Crippen molar-refractivity contribution < 1.29 is 5.11 Å². The summed E-state index contributed by atoms with van der Waals surface area (Å²) in [5.41, 5.74) is 5.81. The molecule has 0 bridgehead atoms. The number of nitrogens with zero attached hydrogens (tertiary/aromatic N) is 3. The number of hydrogen-bond acceptors (Lipinski definition) is 7. The number of guanidine groups is 1. The molecular weight excluding hydrogens is 412 g/mol. The highest BCUT2D eigenvalue weighted by molar-refractivity contribution is 5.98. The summed E-state index contributed by atoms with van der Waals surface area (Å²) in [6.07, 6.45) is 3.04. The van der Waals surface area contributed by atoms with E-state index in [4.69, 9.17) is 9.98 Å². The molecule has 3 aromatic rings. The van der Waals surface area contributed by atoms with Gasteiger partial charge in [0, 0.05) is 40.7 Å². The molecule has 0 radical (unpaired) electrons. The molecule has 2 atom stereocenters. The van der Waals surface area contributed by atoms with Gasteiger partial charge in [0.15, 0.2) is 0 Å². The fourth-order valence-electron chi connectivity index (χ4n) is 4.73. The van der Waals surface area contributed by atoms with Crippen LogP contribution in [0.4, 0.5) is 5.69 Å². The second kappa shape index (κ2) is 9.19. The van der Waals surface area contributed by atoms with E-state index in [-0.39, 0.29) is 6.61 Å². The van der Waals surface area contributed by atoms with Crippen LogP contribution in [0.3, 0.4) is 0 Å². The number of benzene rings is 1. The molecule has 7 nitrogen and oxygen atoms in total. The molecule has 1 aromatic carbocycles. The van der Waals surface area contributed by atoms with Gasteiger partial charge in [-0.05, 0) is 63.3 Å². The number of pyridine rings is 2. The number of hydrogen-bond donors (Lipinski definition) is 4. The van der Waals surface area contributed by atoms with Crippen LogP contribution in [0.2, 0.25) is 0 Å². The van der Waals surface area contributed by atoms with Crippen LogP contribution >= 0.6 is 0 Å². The van der Waals surface area contributed by atoms with E-state index in [0.29, 0.717) is 24.5 Å². The Morgan fingerprint density at radius 1 is 1.03 bits per heavy atom. The molecule has 0 amide bonds. The maximum absolute atomic E-state index is 9.57. The summed E-state index contributed by atoms with van der Waals surface area (Å²) in [6, 6.07) is 16.7. The molecule has 0 spiro atoms. The molecule has 2 unspecified atom stereocenters. The van der Waals surface area contributed by atoms with Crippen LogP contribution in [0.25, 0.3) is 16.5 Å². The molecule has 33 heavy (non-hydrogen) atoms. The molecule has 2 aromatic heterocycles. The third-order valence-electron chi connectivity index (χ3n) is 6.34. The third kappa shape index (κ3) is 4.83. The van der Waals surface area contributed by atoms with Gasteiger partial charge in [0.2, 0.25) is 5.96 Å². The summed E-state index contributed by atoms with van der Waals surface area (Å²) in [5.74, 6) is 1.99. The second-order valence-corrected chi connectivity index (χ2v) is 9.00. The molecule has 170 valence electrons. The Kier molecular flexibility index (Phi) is 5.96. The zero-order chi connectivity index (χ0) is 22.8. The zero-order valence-electron chi connectivity index (χ0n) is 19.1. The molecule has 7 heteroatoms. The van der Waals surface area contributed by atoms with E-state index in [0.717, 1.165) is 64.3 Å². The van der Waals surface area contributed by atoms with Crippen LogP contribution in [-0.4, -0.2) is 40.2 Å². The molecule has 1 aliphatic heterocycles. The average molecular weight is 443 g/mol. The summed E-state index contributed by atoms with van der Waals surface area (Å²) in [5, 5.41) is 21.3. The second-order valence-electron chi connectivity index (χ2n) is 9.00. The molecule has 5 rings (SSSR count). The smallest absolute Gasteiger partial charge is 0.201 e. The van der Waals surface area contributed by atoms with Crippen molar-refractivity contribution in [2.24, 2.45) is 10.9 Å². The predicted molar refractivity (Wildman–Crippen MR) is 133 cm³/mol. The van der Waals surface area contributed by atoms with Gasteiger partial charge in [0.25, 0.3) is 0 Å². The first kappa shape index (κ1) is 21.4. The minimum Gasteiger partial charge on any atom is -0.396 e. The van der Waals surface area contributed by atoms with Crippen molar-refractivity contribution in [3.63, 3.8) is 0 Å². The molecule has 1 fully saturated rings. The number of nitrogens with one attached hydrogen (secondary N) is 3. The Morgan fingerprint density at radius 3 is 2.64 bits per heavy atom. The quantitative estimate of drug-likeness (QED) is 0.481. The highest BCUT2D eigenvalue weighted by atomic mass is 16.3. The zero-order valence-corrected chi connectivity index (χ0v) is 19.1. The van der Waals surface area contributed by atoms with Crippen molar-refractivity contribution in [2.45, 2.75) is 39.2 Å². The predicted octanol–water partition coefficient (Wildman–Crippen LogP) is 3.74. The molecule has 4 N–H and O–H groups in total. The summed E-state index contributed by atoms with van der Waals surface area (Å²) in [4.78, 5) is 14.1. The number of anilines is 1. The lowest BCUT2D eigenvalue weighted by Gasteiger charge is -2.26. The van der Waals surface area contributed by atoms with Crippen LogP contribution in [0, 0.1) is 19.8 Å². The van der Waals surface area contributed by atoms with Crippen molar-refractivity contribution in [3.05, 3.63) is 71.4 Å². The van der Waals surface area contributed by atoms with Gasteiger partial charge in [0.05, 0.1) is 17.8 Å². The standard InChI is InChI=1S/C26H30N6O/c1-16-11-21(12-17(2)28-16)30-26-27-14-22(24-10-8-19-5-3-4-6-23(19)31-24)25(32-26)29-20-9-7-18(13-20)15-33/h3-6,8,10-12,18,20,29,33H,7,9,13-15H2,1-2H3,(H2,27,28,30,32). The number of aromatic nitrogens is 2. The molecule has 1 saturated carbocycles. The van der Waals surface area contributed by atoms with Crippen molar-refractivity contribution in [1.29, 1.82) is 0 Å². The average Bonchev–Trinajstić information content (AvgIpc) is 3.26. The van der Waals surface area contributed by atoms with Crippen LogP contribution in [0.1, 0.15) is 36.3 Å². The van der Waals surface area contributed by atoms with Crippen molar-refractivity contribution in [2.75, 3.05) is 18.5 Å². The Bertz CT molecular complexity index is 1210. The van der Waals surface area contributed by atoms with E-state index in [1.165, 1.54) is 0 Å². The van der Waals surface area contributed by atoms with Gasteiger partial charge in [-0.1, -0.05) is 24.3 Å². The number of aliphatic hydroxyl groups is 1. The lowest BCUT2D eigenvalue weighted by Crippen LogP contribution is -2.43. The van der Waals surface area contributed by atoms with E-state index in [2.05, 4.69) is 39.1 Å². The van der Waals surface area contributed by atoms with Gasteiger partial charge < -0.3 is 21.1 Å². The molecule has 0 saturated heterocycles. The largest absolute Gasteiger partial charge is 0.396 e. The first-order chi connectivity index (χ1) is 16.1. The van der Waals surface area contributed by atoms with Crippen molar-refractivity contribution >= 4 is 28.1 Å². The Morgan fingerprint density at radius 2 is 1.85 bits per heavy atom. The number of aliphatic imine (C=N–C) groups is 1. The molecule has 3 heterocycles. The van der Waals surface area contributed by atoms with Gasteiger partial charge in [-0.3, -0.25) is 4.98 Å². The maximum atomic E-state index is 9.57. The number of rotatable bonds is 5. The maximum Gasteiger partial charge on any atom is 0.201 e. The Balaban J connectivity index is 1.43. The lowest BCUT2D eigenvalue weighted by molar-refractivity contribution is 0.228. The number of fused-ring (bicyclic) bond motifs is 1. The van der Waals surface area contributed by atoms with E-state index >= 15 is 0 Å². The Hall–Kier alpha value is -3.45. The minimum atomic E-state index is 0.249. The summed E-state index contributed by atoms with van der Waals surface area (Å²) in [7, 11) is 0. The minimum absolute atomic E-state index is 0.249. The summed E-state index contributed by atoms with van der Waals surface area (Å²) in [6.45, 7) is 4.74. The molecular formula is C26H30N6O. The first-order valence-electron chi connectivity index (χ1n) is 11.6. The topological polar surface area (TPSA) is 94.5 Å². The number of aryl methyl sites for hydroxylation is 2. The lowest BCUT2D eigenvalue weighted by atomic mass is 10.1. The van der Waals surface area contributed by atoms with Gasteiger partial charge in [-0.25, -0.2) is 9.98 Å². The number of para-hydroxylation sites is 1.